The Morgan fingerprint density at radius 3 is 2.81 bits per heavy atom. The fraction of sp³-hybridized carbons (Fsp3) is 0.200. The van der Waals surface area contributed by atoms with Crippen molar-refractivity contribution in [3.8, 4) is 0 Å². The summed E-state index contributed by atoms with van der Waals surface area (Å²) in [6, 6.07) is 8.47. The Balaban J connectivity index is 0.000000161. The number of benzene rings is 1. The average Bonchev–Trinajstić information content (AvgIpc) is 2.95. The van der Waals surface area contributed by atoms with Crippen LogP contribution in [0.25, 0.3) is 0 Å². The van der Waals surface area contributed by atoms with Gasteiger partial charge in [-0.2, -0.15) is 0 Å². The number of alkyl halides is 1. The quantitative estimate of drug-likeness (QED) is 0.834. The van der Waals surface area contributed by atoms with Crippen molar-refractivity contribution in [3.63, 3.8) is 0 Å². The minimum Gasteiger partial charge on any atom is -0.477 e. The molecule has 0 bridgehead atoms. The Hall–Kier alpha value is -2.08. The summed E-state index contributed by atoms with van der Waals surface area (Å²) in [7, 11) is 0. The van der Waals surface area contributed by atoms with Crippen molar-refractivity contribution in [2.75, 3.05) is 0 Å². The van der Waals surface area contributed by atoms with Gasteiger partial charge >= 0.3 is 5.97 Å². The maximum Gasteiger partial charge on any atom is 0.350 e. The third-order valence-electron chi connectivity index (χ3n) is 2.87. The Bertz CT molecular complexity index is 675. The van der Waals surface area contributed by atoms with Gasteiger partial charge in [0.25, 0.3) is 0 Å². The fourth-order valence-electron chi connectivity index (χ4n) is 1.81. The second-order valence-electron chi connectivity index (χ2n) is 4.52. The monoisotopic (exact) mass is 347 g/mol. The van der Waals surface area contributed by atoms with E-state index in [1.807, 2.05) is 0 Å². The van der Waals surface area contributed by atoms with Gasteiger partial charge in [-0.25, -0.2) is 14.8 Å². The zero-order valence-corrected chi connectivity index (χ0v) is 13.0. The molecule has 1 N–H and O–H groups in total. The van der Waals surface area contributed by atoms with E-state index >= 15 is 0 Å². The molecule has 2 aliphatic rings. The molecule has 21 heavy (non-hydrogen) atoms. The number of fused-ring (bicyclic) bond motifs is 1. The summed E-state index contributed by atoms with van der Waals surface area (Å²) in [4.78, 5) is 22.0. The van der Waals surface area contributed by atoms with E-state index in [1.165, 1.54) is 23.7 Å². The molecular formula is C15H14BrN3O2. The Morgan fingerprint density at radius 1 is 1.38 bits per heavy atom. The van der Waals surface area contributed by atoms with Crippen LogP contribution in [-0.2, 0) is 10.1 Å². The number of hydrogen-bond acceptors (Lipinski definition) is 4. The Morgan fingerprint density at radius 2 is 2.19 bits per heavy atom. The lowest BCUT2D eigenvalue weighted by Gasteiger charge is -2.05. The first-order valence-electron chi connectivity index (χ1n) is 6.31. The van der Waals surface area contributed by atoms with Crippen LogP contribution in [0, 0.1) is 6.92 Å². The van der Waals surface area contributed by atoms with E-state index in [9.17, 15) is 4.79 Å². The smallest absolute Gasteiger partial charge is 0.350 e. The molecule has 3 rings (SSSR count). The van der Waals surface area contributed by atoms with E-state index in [0.717, 1.165) is 5.33 Å². The zero-order valence-electron chi connectivity index (χ0n) is 11.5. The van der Waals surface area contributed by atoms with E-state index in [1.54, 1.807) is 0 Å². The van der Waals surface area contributed by atoms with Gasteiger partial charge in [-0.15, -0.1) is 0 Å². The van der Waals surface area contributed by atoms with Crippen LogP contribution >= 0.6 is 15.9 Å². The van der Waals surface area contributed by atoms with Crippen LogP contribution in [0.4, 0.5) is 0 Å². The number of aliphatic carboxylic acids is 1. The summed E-state index contributed by atoms with van der Waals surface area (Å²) in [5.74, 6) is -1.00. The molecule has 0 saturated heterocycles. The molecule has 5 nitrogen and oxygen atoms in total. The SMILES string of the molecule is Cc1cccc(CBr)c1.O=C(O)C1=NC=C2N=CN=C2C1. The van der Waals surface area contributed by atoms with Gasteiger partial charge in [0.1, 0.15) is 17.7 Å². The molecule has 0 spiro atoms. The summed E-state index contributed by atoms with van der Waals surface area (Å²) in [6.07, 6.45) is 3.10. The van der Waals surface area contributed by atoms with Crippen molar-refractivity contribution in [2.45, 2.75) is 18.7 Å². The number of halogens is 1. The largest absolute Gasteiger partial charge is 0.477 e. The molecule has 0 saturated carbocycles. The number of carbonyl (C=O) groups is 1. The maximum atomic E-state index is 10.5. The first-order chi connectivity index (χ1) is 10.1. The molecule has 0 fully saturated rings. The highest BCUT2D eigenvalue weighted by molar-refractivity contribution is 9.08. The highest BCUT2D eigenvalue weighted by Crippen LogP contribution is 2.15. The van der Waals surface area contributed by atoms with Crippen LogP contribution in [0.5, 0.6) is 0 Å². The average molecular weight is 348 g/mol. The van der Waals surface area contributed by atoms with Crippen molar-refractivity contribution in [1.29, 1.82) is 0 Å². The number of carboxylic acids is 1. The van der Waals surface area contributed by atoms with Crippen LogP contribution < -0.4 is 0 Å². The number of aliphatic imine (C=N–C) groups is 3. The predicted octanol–water partition coefficient (Wildman–Crippen LogP) is 3.13. The maximum absolute atomic E-state index is 10.5. The van der Waals surface area contributed by atoms with Crippen molar-refractivity contribution in [1.82, 2.24) is 0 Å². The number of aryl methyl sites for hydroxylation is 1. The molecule has 108 valence electrons. The number of carboxylic acid groups (broad SMARTS) is 1. The van der Waals surface area contributed by atoms with Crippen LogP contribution in [0.1, 0.15) is 17.5 Å². The summed E-state index contributed by atoms with van der Waals surface area (Å²) >= 11 is 3.39. The topological polar surface area (TPSA) is 74.4 Å². The molecule has 0 aliphatic carbocycles. The molecule has 2 aliphatic heterocycles. The van der Waals surface area contributed by atoms with E-state index in [0.29, 0.717) is 11.4 Å². The lowest BCUT2D eigenvalue weighted by atomic mass is 10.1. The predicted molar refractivity (Wildman–Crippen MR) is 87.5 cm³/mol. The van der Waals surface area contributed by atoms with Gasteiger partial charge in [0.05, 0.1) is 11.9 Å². The van der Waals surface area contributed by atoms with Gasteiger partial charge < -0.3 is 5.11 Å². The standard InChI is InChI=1S/C8H9Br.C7H5N3O2/c1-7-3-2-4-8(5-7)6-9;11-7(12)5-1-4-6(2-8-5)10-3-9-4/h2-5H,6H2,1H3;2-3H,1H2,(H,11,12). The van der Waals surface area contributed by atoms with Gasteiger partial charge in [-0.3, -0.25) is 4.99 Å². The Kier molecular flexibility index (Phi) is 5.16. The molecule has 6 heteroatoms. The number of hydrogen-bond donors (Lipinski definition) is 1. The normalized spacial score (nSPS) is 15.2. The number of nitrogens with zero attached hydrogens (tertiary/aromatic N) is 3. The molecule has 0 aromatic heterocycles. The molecule has 0 amide bonds. The summed E-state index contributed by atoms with van der Waals surface area (Å²) in [6.45, 7) is 2.10. The third kappa shape index (κ3) is 4.19. The van der Waals surface area contributed by atoms with Gasteiger partial charge in [-0.05, 0) is 12.5 Å². The lowest BCUT2D eigenvalue weighted by Crippen LogP contribution is -2.20. The van der Waals surface area contributed by atoms with Crippen molar-refractivity contribution in [3.05, 3.63) is 47.3 Å². The first kappa shape index (κ1) is 15.3. The fourth-order valence-corrected chi connectivity index (χ4v) is 2.16. The van der Waals surface area contributed by atoms with E-state index in [4.69, 9.17) is 5.11 Å². The summed E-state index contributed by atoms with van der Waals surface area (Å²) in [5, 5.41) is 9.56. The van der Waals surface area contributed by atoms with Crippen LogP contribution in [0.3, 0.4) is 0 Å². The molecule has 0 unspecified atom stereocenters. The van der Waals surface area contributed by atoms with Crippen LogP contribution in [0.15, 0.2) is 51.1 Å². The zero-order chi connectivity index (χ0) is 15.2. The number of rotatable bonds is 2. The van der Waals surface area contributed by atoms with Gasteiger partial charge in [0, 0.05) is 11.8 Å². The van der Waals surface area contributed by atoms with Crippen LogP contribution in [0.2, 0.25) is 0 Å². The molecule has 0 radical (unpaired) electrons. The van der Waals surface area contributed by atoms with Crippen molar-refractivity contribution >= 4 is 39.7 Å². The van der Waals surface area contributed by atoms with Crippen molar-refractivity contribution in [2.24, 2.45) is 15.0 Å². The highest BCUT2D eigenvalue weighted by Gasteiger charge is 2.21. The van der Waals surface area contributed by atoms with Gasteiger partial charge in [0.2, 0.25) is 0 Å². The molecule has 1 aromatic rings. The second kappa shape index (κ2) is 7.08. The van der Waals surface area contributed by atoms with E-state index < -0.39 is 5.97 Å². The van der Waals surface area contributed by atoms with Gasteiger partial charge in [-0.1, -0.05) is 45.8 Å². The Labute approximate surface area is 131 Å². The molecular weight excluding hydrogens is 334 g/mol. The van der Waals surface area contributed by atoms with E-state index in [-0.39, 0.29) is 12.1 Å². The first-order valence-corrected chi connectivity index (χ1v) is 7.43. The van der Waals surface area contributed by atoms with Crippen LogP contribution in [-0.4, -0.2) is 28.8 Å². The van der Waals surface area contributed by atoms with E-state index in [2.05, 4.69) is 62.1 Å². The molecule has 2 heterocycles. The summed E-state index contributed by atoms with van der Waals surface area (Å²) < 4.78 is 0. The van der Waals surface area contributed by atoms with Crippen molar-refractivity contribution < 1.29 is 9.90 Å². The number of allylic oxidation sites excluding steroid dienone is 1. The molecule has 1 aromatic carbocycles. The highest BCUT2D eigenvalue weighted by atomic mass is 79.9. The minimum absolute atomic E-state index is 0.114. The van der Waals surface area contributed by atoms with Gasteiger partial charge in [0.15, 0.2) is 0 Å². The summed E-state index contributed by atoms with van der Waals surface area (Å²) in [5.41, 5.74) is 4.13. The molecule has 0 atom stereocenters. The minimum atomic E-state index is -1.00. The lowest BCUT2D eigenvalue weighted by molar-refractivity contribution is -0.129. The third-order valence-corrected chi connectivity index (χ3v) is 3.51. The second-order valence-corrected chi connectivity index (χ2v) is 5.08.